The van der Waals surface area contributed by atoms with E-state index in [2.05, 4.69) is 38.0 Å². The molecule has 1 N–H and O–H groups in total. The third-order valence-electron chi connectivity index (χ3n) is 3.76. The van der Waals surface area contributed by atoms with Crippen molar-refractivity contribution in [3.63, 3.8) is 0 Å². The summed E-state index contributed by atoms with van der Waals surface area (Å²) in [5.74, 6) is -0.104. The van der Waals surface area contributed by atoms with Crippen LogP contribution in [0.4, 0.5) is 4.39 Å². The fourth-order valence-electron chi connectivity index (χ4n) is 2.30. The maximum atomic E-state index is 13.7. The molecule has 1 unspecified atom stereocenters. The Bertz CT molecular complexity index is 379. The second-order valence-electron chi connectivity index (χ2n) is 5.85. The highest BCUT2D eigenvalue weighted by Crippen LogP contribution is 2.21. The van der Waals surface area contributed by atoms with Crippen molar-refractivity contribution in [1.29, 1.82) is 0 Å². The summed E-state index contributed by atoms with van der Waals surface area (Å²) in [7, 11) is 2.07. The smallest absolute Gasteiger partial charge is 0.127 e. The molecule has 2 nitrogen and oxygen atoms in total. The lowest BCUT2D eigenvalue weighted by Crippen LogP contribution is -2.25. The number of halogens is 1. The normalized spacial score (nSPS) is 13.2. The molecular weight excluding hydrogens is 251 g/mol. The van der Waals surface area contributed by atoms with Gasteiger partial charge in [-0.3, -0.25) is 4.90 Å². The molecule has 0 aliphatic carbocycles. The third-order valence-corrected chi connectivity index (χ3v) is 3.76. The van der Waals surface area contributed by atoms with Gasteiger partial charge in [-0.15, -0.1) is 0 Å². The lowest BCUT2D eigenvalue weighted by Gasteiger charge is -2.25. The molecule has 114 valence electrons. The fourth-order valence-corrected chi connectivity index (χ4v) is 2.30. The molecule has 1 aromatic rings. The Morgan fingerprint density at radius 2 is 1.80 bits per heavy atom. The van der Waals surface area contributed by atoms with Crippen LogP contribution in [0.3, 0.4) is 0 Å². The zero-order chi connectivity index (χ0) is 15.0. The molecule has 3 heteroatoms. The van der Waals surface area contributed by atoms with Gasteiger partial charge in [-0.2, -0.15) is 0 Å². The van der Waals surface area contributed by atoms with Crippen LogP contribution in [0.2, 0.25) is 0 Å². The van der Waals surface area contributed by atoms with Crippen molar-refractivity contribution >= 4 is 0 Å². The molecule has 0 amide bonds. The summed E-state index contributed by atoms with van der Waals surface area (Å²) in [6, 6.07) is 7.76. The quantitative estimate of drug-likeness (QED) is 0.688. The number of nitrogens with one attached hydrogen (secondary N) is 1. The van der Waals surface area contributed by atoms with Crippen molar-refractivity contribution in [2.24, 2.45) is 0 Å². The monoisotopic (exact) mass is 280 g/mol. The number of unbranched alkanes of at least 4 members (excludes halogenated alkanes) is 2. The summed E-state index contributed by atoms with van der Waals surface area (Å²) >= 11 is 0. The van der Waals surface area contributed by atoms with Crippen LogP contribution in [0.25, 0.3) is 0 Å². The van der Waals surface area contributed by atoms with Gasteiger partial charge in [0, 0.05) is 17.6 Å². The second-order valence-corrected chi connectivity index (χ2v) is 5.85. The molecule has 0 heterocycles. The summed E-state index contributed by atoms with van der Waals surface area (Å²) in [5, 5.41) is 3.43. The molecule has 1 atom stereocenters. The van der Waals surface area contributed by atoms with E-state index in [1.54, 1.807) is 6.07 Å². The Morgan fingerprint density at radius 1 is 1.10 bits per heavy atom. The zero-order valence-electron chi connectivity index (χ0n) is 13.3. The molecule has 20 heavy (non-hydrogen) atoms. The minimum absolute atomic E-state index is 0.104. The lowest BCUT2D eigenvalue weighted by molar-refractivity contribution is 0.250. The first-order chi connectivity index (χ1) is 9.52. The molecule has 0 aliphatic heterocycles. The Hall–Kier alpha value is -0.930. The number of hydrogen-bond donors (Lipinski definition) is 1. The van der Waals surface area contributed by atoms with Crippen molar-refractivity contribution in [2.75, 3.05) is 20.1 Å². The third kappa shape index (κ3) is 6.02. The number of benzene rings is 1. The molecule has 0 aliphatic rings. The van der Waals surface area contributed by atoms with E-state index < -0.39 is 0 Å². The van der Waals surface area contributed by atoms with Gasteiger partial charge in [-0.05, 0) is 46.0 Å². The number of hydrogen-bond acceptors (Lipinski definition) is 2. The van der Waals surface area contributed by atoms with Crippen LogP contribution >= 0.6 is 0 Å². The zero-order valence-corrected chi connectivity index (χ0v) is 13.3. The van der Waals surface area contributed by atoms with Crippen molar-refractivity contribution in [3.8, 4) is 0 Å². The standard InChI is InChI=1S/C17H29FN2/c1-14(2)19-12-8-5-9-13-20(4)15(3)16-10-6-7-11-17(16)18/h6-7,10-11,14-15,19H,5,8-9,12-13H2,1-4H3. The van der Waals surface area contributed by atoms with Crippen molar-refractivity contribution in [1.82, 2.24) is 10.2 Å². The Kier molecular flexibility index (Phi) is 7.78. The molecule has 0 aromatic heterocycles. The minimum atomic E-state index is -0.104. The SMILES string of the molecule is CC(C)NCCCCCN(C)C(C)c1ccccc1F. The second kappa shape index (κ2) is 9.09. The van der Waals surface area contributed by atoms with Gasteiger partial charge in [0.15, 0.2) is 0 Å². The topological polar surface area (TPSA) is 15.3 Å². The molecular formula is C17H29FN2. The maximum absolute atomic E-state index is 13.7. The summed E-state index contributed by atoms with van der Waals surface area (Å²) in [4.78, 5) is 2.23. The Balaban J connectivity index is 2.25. The van der Waals surface area contributed by atoms with Gasteiger partial charge < -0.3 is 5.32 Å². The predicted octanol–water partition coefficient (Wildman–Crippen LogP) is 3.99. The fraction of sp³-hybridized carbons (Fsp3) is 0.647. The number of rotatable bonds is 9. The van der Waals surface area contributed by atoms with Crippen LogP contribution in [-0.2, 0) is 0 Å². The molecule has 0 saturated heterocycles. The minimum Gasteiger partial charge on any atom is -0.315 e. The van der Waals surface area contributed by atoms with Crippen LogP contribution in [0.1, 0.15) is 51.6 Å². The van der Waals surface area contributed by atoms with E-state index in [1.807, 2.05) is 12.1 Å². The van der Waals surface area contributed by atoms with Gasteiger partial charge in [-0.25, -0.2) is 4.39 Å². The average Bonchev–Trinajstić information content (AvgIpc) is 2.42. The first-order valence-electron chi connectivity index (χ1n) is 7.70. The molecule has 1 rings (SSSR count). The van der Waals surface area contributed by atoms with Gasteiger partial charge in [-0.1, -0.05) is 38.5 Å². The van der Waals surface area contributed by atoms with E-state index in [4.69, 9.17) is 0 Å². The van der Waals surface area contributed by atoms with E-state index in [0.717, 1.165) is 25.1 Å². The molecule has 0 saturated carbocycles. The first kappa shape index (κ1) is 17.1. The highest BCUT2D eigenvalue weighted by Gasteiger charge is 2.14. The van der Waals surface area contributed by atoms with Crippen LogP contribution in [0.15, 0.2) is 24.3 Å². The van der Waals surface area contributed by atoms with Crippen LogP contribution in [0, 0.1) is 5.82 Å². The van der Waals surface area contributed by atoms with Crippen molar-refractivity contribution in [3.05, 3.63) is 35.6 Å². The van der Waals surface area contributed by atoms with Crippen molar-refractivity contribution < 1.29 is 4.39 Å². The van der Waals surface area contributed by atoms with Crippen LogP contribution in [-0.4, -0.2) is 31.1 Å². The van der Waals surface area contributed by atoms with Crippen LogP contribution in [0.5, 0.6) is 0 Å². The molecule has 1 aromatic carbocycles. The van der Waals surface area contributed by atoms with Gasteiger partial charge in [0.25, 0.3) is 0 Å². The van der Waals surface area contributed by atoms with Gasteiger partial charge in [0.1, 0.15) is 5.82 Å². The highest BCUT2D eigenvalue weighted by molar-refractivity contribution is 5.20. The molecule has 0 bridgehead atoms. The largest absolute Gasteiger partial charge is 0.315 e. The van der Waals surface area contributed by atoms with E-state index in [-0.39, 0.29) is 11.9 Å². The maximum Gasteiger partial charge on any atom is 0.127 e. The molecule has 0 radical (unpaired) electrons. The van der Waals surface area contributed by atoms with E-state index in [0.29, 0.717) is 6.04 Å². The van der Waals surface area contributed by atoms with E-state index in [9.17, 15) is 4.39 Å². The van der Waals surface area contributed by atoms with Gasteiger partial charge in [0.05, 0.1) is 0 Å². The summed E-state index contributed by atoms with van der Waals surface area (Å²) in [6.45, 7) is 8.51. The number of nitrogens with zero attached hydrogens (tertiary/aromatic N) is 1. The molecule has 0 fully saturated rings. The van der Waals surface area contributed by atoms with Crippen molar-refractivity contribution in [2.45, 2.75) is 52.1 Å². The lowest BCUT2D eigenvalue weighted by atomic mass is 10.1. The van der Waals surface area contributed by atoms with Gasteiger partial charge in [0.2, 0.25) is 0 Å². The van der Waals surface area contributed by atoms with Gasteiger partial charge >= 0.3 is 0 Å². The molecule has 0 spiro atoms. The van der Waals surface area contributed by atoms with E-state index in [1.165, 1.54) is 18.9 Å². The van der Waals surface area contributed by atoms with Crippen LogP contribution < -0.4 is 5.32 Å². The van der Waals surface area contributed by atoms with E-state index >= 15 is 0 Å². The Morgan fingerprint density at radius 3 is 2.45 bits per heavy atom. The first-order valence-corrected chi connectivity index (χ1v) is 7.70. The average molecular weight is 280 g/mol. The Labute approximate surface area is 123 Å². The predicted molar refractivity (Wildman–Crippen MR) is 84.4 cm³/mol. The summed E-state index contributed by atoms with van der Waals surface area (Å²) in [5.41, 5.74) is 0.788. The highest BCUT2D eigenvalue weighted by atomic mass is 19.1. The summed E-state index contributed by atoms with van der Waals surface area (Å²) < 4.78 is 13.7. The summed E-state index contributed by atoms with van der Waals surface area (Å²) in [6.07, 6.45) is 3.59.